The Labute approximate surface area is 156 Å². The number of nitrogens with zero attached hydrogens (tertiary/aromatic N) is 3. The summed E-state index contributed by atoms with van der Waals surface area (Å²) < 4.78 is 0. The van der Waals surface area contributed by atoms with E-state index in [0.717, 1.165) is 10.6 Å². The highest BCUT2D eigenvalue weighted by atomic mass is 32.1. The van der Waals surface area contributed by atoms with E-state index in [9.17, 15) is 4.79 Å². The van der Waals surface area contributed by atoms with Gasteiger partial charge < -0.3 is 10.6 Å². The van der Waals surface area contributed by atoms with Gasteiger partial charge in [-0.15, -0.1) is 11.3 Å². The lowest BCUT2D eigenvalue weighted by molar-refractivity contribution is 0.0791. The largest absolute Gasteiger partial charge is 0.337 e. The van der Waals surface area contributed by atoms with Crippen molar-refractivity contribution in [1.29, 1.82) is 0 Å². The van der Waals surface area contributed by atoms with E-state index in [4.69, 9.17) is 5.73 Å². The lowest BCUT2D eigenvalue weighted by atomic mass is 9.89. The molecule has 5 nitrogen and oxygen atoms in total. The molecule has 1 aliphatic rings. The van der Waals surface area contributed by atoms with E-state index in [1.807, 2.05) is 35.2 Å². The first-order valence-corrected chi connectivity index (χ1v) is 9.48. The molecule has 3 heterocycles. The fourth-order valence-corrected chi connectivity index (χ4v) is 4.40. The van der Waals surface area contributed by atoms with Crippen LogP contribution in [0.2, 0.25) is 0 Å². The molecule has 1 aliphatic heterocycles. The number of aromatic nitrogens is 2. The van der Waals surface area contributed by atoms with Crippen LogP contribution in [-0.4, -0.2) is 40.4 Å². The fourth-order valence-electron chi connectivity index (χ4n) is 3.51. The van der Waals surface area contributed by atoms with Crippen molar-refractivity contribution in [2.75, 3.05) is 19.6 Å². The van der Waals surface area contributed by atoms with Crippen molar-refractivity contribution in [3.63, 3.8) is 0 Å². The Hall–Kier alpha value is -2.57. The first-order valence-electron chi connectivity index (χ1n) is 8.67. The van der Waals surface area contributed by atoms with E-state index in [2.05, 4.69) is 22.1 Å². The van der Waals surface area contributed by atoms with Crippen molar-refractivity contribution in [2.24, 2.45) is 11.7 Å². The summed E-state index contributed by atoms with van der Waals surface area (Å²) in [5.41, 5.74) is 8.22. The van der Waals surface area contributed by atoms with Gasteiger partial charge in [-0.05, 0) is 30.2 Å². The smallest absolute Gasteiger partial charge is 0.265 e. The first-order chi connectivity index (χ1) is 12.8. The van der Waals surface area contributed by atoms with Crippen LogP contribution < -0.4 is 5.73 Å². The summed E-state index contributed by atoms with van der Waals surface area (Å²) in [6.45, 7) is 1.97. The predicted molar refractivity (Wildman–Crippen MR) is 103 cm³/mol. The van der Waals surface area contributed by atoms with E-state index in [0.29, 0.717) is 24.5 Å². The van der Waals surface area contributed by atoms with Crippen LogP contribution in [-0.2, 0) is 0 Å². The molecule has 1 amide bonds. The SMILES string of the molecule is NC[C@@H]1CN(C(=O)c2cnc(-c3ccncc3)s2)C[C@H]1c1ccccc1. The maximum Gasteiger partial charge on any atom is 0.265 e. The molecule has 1 fully saturated rings. The van der Waals surface area contributed by atoms with Crippen LogP contribution in [0.1, 0.15) is 21.2 Å². The van der Waals surface area contributed by atoms with Crippen molar-refractivity contribution in [1.82, 2.24) is 14.9 Å². The van der Waals surface area contributed by atoms with Gasteiger partial charge in [-0.2, -0.15) is 0 Å². The molecule has 0 unspecified atom stereocenters. The molecule has 0 radical (unpaired) electrons. The lowest BCUT2D eigenvalue weighted by Crippen LogP contribution is -2.29. The Morgan fingerprint density at radius 1 is 1.15 bits per heavy atom. The van der Waals surface area contributed by atoms with Gasteiger partial charge in [-0.1, -0.05) is 30.3 Å². The molecule has 1 aromatic carbocycles. The minimum absolute atomic E-state index is 0.0414. The average Bonchev–Trinajstić information content (AvgIpc) is 3.36. The van der Waals surface area contributed by atoms with E-state index < -0.39 is 0 Å². The average molecular weight is 364 g/mol. The zero-order chi connectivity index (χ0) is 17.9. The third-order valence-corrected chi connectivity index (χ3v) is 5.94. The van der Waals surface area contributed by atoms with Crippen LogP contribution in [0.25, 0.3) is 10.6 Å². The number of benzene rings is 1. The number of thiazole rings is 1. The number of amides is 1. The monoisotopic (exact) mass is 364 g/mol. The Balaban J connectivity index is 1.53. The summed E-state index contributed by atoms with van der Waals surface area (Å²) >= 11 is 1.43. The van der Waals surface area contributed by atoms with Crippen molar-refractivity contribution in [3.8, 4) is 10.6 Å². The second kappa shape index (κ2) is 7.35. The molecule has 0 saturated carbocycles. The van der Waals surface area contributed by atoms with Crippen molar-refractivity contribution >= 4 is 17.2 Å². The van der Waals surface area contributed by atoms with Gasteiger partial charge in [0.15, 0.2) is 0 Å². The highest BCUT2D eigenvalue weighted by Crippen LogP contribution is 2.34. The van der Waals surface area contributed by atoms with Gasteiger partial charge in [0.1, 0.15) is 9.88 Å². The zero-order valence-electron chi connectivity index (χ0n) is 14.3. The maximum absolute atomic E-state index is 13.0. The summed E-state index contributed by atoms with van der Waals surface area (Å²) in [5.74, 6) is 0.617. The molecule has 132 valence electrons. The molecule has 2 aromatic heterocycles. The van der Waals surface area contributed by atoms with Crippen molar-refractivity contribution < 1.29 is 4.79 Å². The highest BCUT2D eigenvalue weighted by molar-refractivity contribution is 7.16. The topological polar surface area (TPSA) is 72.1 Å². The Morgan fingerprint density at radius 3 is 2.65 bits per heavy atom. The summed E-state index contributed by atoms with van der Waals surface area (Å²) in [7, 11) is 0. The number of carbonyl (C=O) groups excluding carboxylic acids is 1. The van der Waals surface area contributed by atoms with Crippen molar-refractivity contribution in [3.05, 3.63) is 71.5 Å². The second-order valence-corrected chi connectivity index (χ2v) is 7.52. The minimum atomic E-state index is 0.0414. The third kappa shape index (κ3) is 3.25. The molecular formula is C20H20N4OS. The number of carbonyl (C=O) groups is 1. The van der Waals surface area contributed by atoms with E-state index >= 15 is 0 Å². The Morgan fingerprint density at radius 2 is 1.92 bits per heavy atom. The molecule has 1 saturated heterocycles. The van der Waals surface area contributed by atoms with Crippen LogP contribution in [0.4, 0.5) is 0 Å². The highest BCUT2D eigenvalue weighted by Gasteiger charge is 2.36. The van der Waals surface area contributed by atoms with E-state index in [1.54, 1.807) is 18.6 Å². The molecule has 0 aliphatic carbocycles. The van der Waals surface area contributed by atoms with E-state index in [1.165, 1.54) is 16.9 Å². The fraction of sp³-hybridized carbons (Fsp3) is 0.250. The quantitative estimate of drug-likeness (QED) is 0.772. The predicted octanol–water partition coefficient (Wildman–Crippen LogP) is 3.02. The Bertz CT molecular complexity index is 881. The van der Waals surface area contributed by atoms with Crippen LogP contribution in [0.3, 0.4) is 0 Å². The molecule has 2 N–H and O–H groups in total. The lowest BCUT2D eigenvalue weighted by Gasteiger charge is -2.16. The summed E-state index contributed by atoms with van der Waals surface area (Å²) in [5, 5.41) is 0.838. The van der Waals surface area contributed by atoms with Gasteiger partial charge in [-0.25, -0.2) is 4.98 Å². The van der Waals surface area contributed by atoms with E-state index in [-0.39, 0.29) is 17.7 Å². The van der Waals surface area contributed by atoms with Crippen molar-refractivity contribution in [2.45, 2.75) is 5.92 Å². The minimum Gasteiger partial charge on any atom is -0.337 e. The molecule has 3 aromatic rings. The number of likely N-dealkylation sites (tertiary alicyclic amines) is 1. The second-order valence-electron chi connectivity index (χ2n) is 6.49. The molecule has 26 heavy (non-hydrogen) atoms. The molecular weight excluding hydrogens is 344 g/mol. The molecule has 0 bridgehead atoms. The van der Waals surface area contributed by atoms with Crippen LogP contribution in [0, 0.1) is 5.92 Å². The number of pyridine rings is 1. The van der Waals surface area contributed by atoms with Crippen LogP contribution >= 0.6 is 11.3 Å². The van der Waals surface area contributed by atoms with Crippen LogP contribution in [0.5, 0.6) is 0 Å². The van der Waals surface area contributed by atoms with Gasteiger partial charge in [0.25, 0.3) is 5.91 Å². The number of hydrogen-bond donors (Lipinski definition) is 1. The van der Waals surface area contributed by atoms with Crippen LogP contribution in [0.15, 0.2) is 61.1 Å². The van der Waals surface area contributed by atoms with Gasteiger partial charge in [-0.3, -0.25) is 9.78 Å². The number of nitrogens with two attached hydrogens (primary N) is 1. The summed E-state index contributed by atoms with van der Waals surface area (Å²) in [4.78, 5) is 24.0. The summed E-state index contributed by atoms with van der Waals surface area (Å²) in [6.07, 6.45) is 5.14. The molecule has 0 spiro atoms. The number of hydrogen-bond acceptors (Lipinski definition) is 5. The maximum atomic E-state index is 13.0. The van der Waals surface area contributed by atoms with Gasteiger partial charge in [0.2, 0.25) is 0 Å². The molecule has 6 heteroatoms. The number of rotatable bonds is 4. The Kier molecular flexibility index (Phi) is 4.77. The third-order valence-electron chi connectivity index (χ3n) is 4.90. The summed E-state index contributed by atoms with van der Waals surface area (Å²) in [6, 6.07) is 14.1. The van der Waals surface area contributed by atoms with Gasteiger partial charge in [0, 0.05) is 37.0 Å². The molecule has 4 rings (SSSR count). The first kappa shape index (κ1) is 16.9. The normalized spacial score (nSPS) is 19.7. The van der Waals surface area contributed by atoms with Gasteiger partial charge >= 0.3 is 0 Å². The molecule has 2 atom stereocenters. The standard InChI is InChI=1S/C20H20N4OS/c21-10-16-12-24(13-17(16)14-4-2-1-3-5-14)20(25)18-11-23-19(26-18)15-6-8-22-9-7-15/h1-9,11,16-17H,10,12-13,21H2/t16-,17+/m1/s1. The van der Waals surface area contributed by atoms with Gasteiger partial charge in [0.05, 0.1) is 6.20 Å². The zero-order valence-corrected chi connectivity index (χ0v) is 15.1.